The predicted octanol–water partition coefficient (Wildman–Crippen LogP) is 3.11. The van der Waals surface area contributed by atoms with Crippen molar-refractivity contribution >= 4 is 35.3 Å². The van der Waals surface area contributed by atoms with E-state index in [2.05, 4.69) is 26.6 Å². The van der Waals surface area contributed by atoms with E-state index in [1.807, 2.05) is 107 Å². The number of hydrogen-bond acceptors (Lipinski definition) is 9. The van der Waals surface area contributed by atoms with Crippen molar-refractivity contribution in [2.75, 3.05) is 39.5 Å². The van der Waals surface area contributed by atoms with Gasteiger partial charge < -0.3 is 36.1 Å². The molecule has 5 N–H and O–H groups in total. The van der Waals surface area contributed by atoms with Crippen LogP contribution in [-0.2, 0) is 51.1 Å². The SMILES string of the molecule is CC(C)C[C@H](NC(=O)[C@H](CCc1ccccc1)NC(=O)CN1CCOCC1)C(=O)N[C@@H](CC(C)C)C(=O)N[C@@H](Cc1ccccc1)C(=O)N[C@@H](CC(C)C)C(=O)[C@@]1(C)CO1. The van der Waals surface area contributed by atoms with Crippen LogP contribution in [0.5, 0.6) is 0 Å². The molecule has 4 rings (SSSR count). The molecule has 2 saturated heterocycles. The molecule has 2 aromatic rings. The van der Waals surface area contributed by atoms with Crippen molar-refractivity contribution in [2.24, 2.45) is 17.8 Å². The molecule has 5 amide bonds. The number of carbonyl (C=O) groups is 6. The second-order valence-corrected chi connectivity index (χ2v) is 17.7. The van der Waals surface area contributed by atoms with E-state index in [4.69, 9.17) is 9.47 Å². The molecule has 330 valence electrons. The average molecular weight is 833 g/mol. The average Bonchev–Trinajstić information content (AvgIpc) is 3.96. The van der Waals surface area contributed by atoms with Crippen LogP contribution in [0.15, 0.2) is 60.7 Å². The molecule has 0 unspecified atom stereocenters. The molecule has 60 heavy (non-hydrogen) atoms. The third kappa shape index (κ3) is 16.1. The summed E-state index contributed by atoms with van der Waals surface area (Å²) >= 11 is 0. The minimum atomic E-state index is -1.07. The van der Waals surface area contributed by atoms with Gasteiger partial charge in [0.1, 0.15) is 29.8 Å². The summed E-state index contributed by atoms with van der Waals surface area (Å²) in [5.74, 6) is -2.59. The van der Waals surface area contributed by atoms with Crippen LogP contribution in [0.4, 0.5) is 0 Å². The van der Waals surface area contributed by atoms with Crippen molar-refractivity contribution < 1.29 is 38.2 Å². The second-order valence-electron chi connectivity index (χ2n) is 17.7. The highest BCUT2D eigenvalue weighted by atomic mass is 16.6. The zero-order valence-corrected chi connectivity index (χ0v) is 36.6. The number of nitrogens with zero attached hydrogens (tertiary/aromatic N) is 1. The summed E-state index contributed by atoms with van der Waals surface area (Å²) in [5, 5.41) is 14.5. The van der Waals surface area contributed by atoms with Crippen molar-refractivity contribution in [3.8, 4) is 0 Å². The largest absolute Gasteiger partial charge is 0.379 e. The number of rotatable bonds is 24. The summed E-state index contributed by atoms with van der Waals surface area (Å²) in [4.78, 5) is 85.2. The second kappa shape index (κ2) is 23.4. The van der Waals surface area contributed by atoms with Crippen LogP contribution in [0.3, 0.4) is 0 Å². The Morgan fingerprint density at radius 2 is 1.03 bits per heavy atom. The van der Waals surface area contributed by atoms with Crippen molar-refractivity contribution in [2.45, 2.75) is 123 Å². The van der Waals surface area contributed by atoms with Gasteiger partial charge in [-0.15, -0.1) is 0 Å². The topological polar surface area (TPSA) is 188 Å². The van der Waals surface area contributed by atoms with Crippen molar-refractivity contribution in [3.05, 3.63) is 71.8 Å². The number of benzene rings is 2. The standard InChI is InChI=1S/C46H68N6O8/c1-30(2)24-36(41(54)46(7)29-60-46)48-45(58)39(27-34-16-12-9-13-17-34)51-44(57)38(26-32(5)6)50-43(56)37(25-31(3)4)49-42(55)35(19-18-33-14-10-8-11-15-33)47-40(53)28-52-20-22-59-23-21-52/h8-17,30-32,35-39H,18-29H2,1-7H3,(H,47,53)(H,48,58)(H,49,55)(H,50,56)(H,51,57)/t35-,36-,37-,38-,39-,46+/m0/s1. The number of amides is 5. The molecule has 0 spiro atoms. The number of morpholine rings is 1. The number of nitrogens with one attached hydrogen (secondary N) is 5. The van der Waals surface area contributed by atoms with Gasteiger partial charge in [0.25, 0.3) is 0 Å². The lowest BCUT2D eigenvalue weighted by atomic mass is 9.93. The first kappa shape index (κ1) is 48.0. The van der Waals surface area contributed by atoms with Crippen molar-refractivity contribution in [1.82, 2.24) is 31.5 Å². The molecule has 2 fully saturated rings. The predicted molar refractivity (Wildman–Crippen MR) is 230 cm³/mol. The maximum atomic E-state index is 14.2. The molecule has 2 aliphatic heterocycles. The number of ketones is 1. The van der Waals surface area contributed by atoms with Crippen molar-refractivity contribution in [3.63, 3.8) is 0 Å². The Balaban J connectivity index is 1.52. The fourth-order valence-electron chi connectivity index (χ4n) is 7.30. The van der Waals surface area contributed by atoms with Gasteiger partial charge in [-0.1, -0.05) is 102 Å². The summed E-state index contributed by atoms with van der Waals surface area (Å²) in [5.41, 5.74) is 0.852. The highest BCUT2D eigenvalue weighted by Gasteiger charge is 2.50. The van der Waals surface area contributed by atoms with Crippen LogP contribution >= 0.6 is 0 Å². The Bertz CT molecular complexity index is 1710. The van der Waals surface area contributed by atoms with Crippen LogP contribution in [0.25, 0.3) is 0 Å². The van der Waals surface area contributed by atoms with E-state index in [-0.39, 0.29) is 61.9 Å². The van der Waals surface area contributed by atoms with Gasteiger partial charge in [-0.2, -0.15) is 0 Å². The summed E-state index contributed by atoms with van der Waals surface area (Å²) in [7, 11) is 0. The van der Waals surface area contributed by atoms with E-state index in [1.165, 1.54) is 0 Å². The highest BCUT2D eigenvalue weighted by molar-refractivity contribution is 5.99. The molecule has 14 heteroatoms. The van der Waals surface area contributed by atoms with Crippen LogP contribution < -0.4 is 26.6 Å². The van der Waals surface area contributed by atoms with Gasteiger partial charge in [0, 0.05) is 19.5 Å². The van der Waals surface area contributed by atoms with Gasteiger partial charge in [0.05, 0.1) is 32.4 Å². The van der Waals surface area contributed by atoms with E-state index in [0.717, 1.165) is 11.1 Å². The van der Waals surface area contributed by atoms with Gasteiger partial charge in [-0.05, 0) is 67.9 Å². The van der Waals surface area contributed by atoms with Gasteiger partial charge in [0.15, 0.2) is 5.78 Å². The Morgan fingerprint density at radius 1 is 0.600 bits per heavy atom. The first-order chi connectivity index (χ1) is 28.5. The molecule has 2 heterocycles. The third-order valence-electron chi connectivity index (χ3n) is 10.7. The quantitative estimate of drug-likeness (QED) is 0.0992. The Kier molecular flexibility index (Phi) is 18.7. The number of epoxide rings is 1. The van der Waals surface area contributed by atoms with Crippen LogP contribution in [0.2, 0.25) is 0 Å². The number of Topliss-reactive ketones (excluding diaryl/α,β-unsaturated/α-hetero) is 1. The Morgan fingerprint density at radius 3 is 1.53 bits per heavy atom. The maximum Gasteiger partial charge on any atom is 0.243 e. The molecule has 6 atom stereocenters. The molecule has 0 radical (unpaired) electrons. The summed E-state index contributed by atoms with van der Waals surface area (Å²) in [6, 6.07) is 14.0. The maximum absolute atomic E-state index is 14.2. The summed E-state index contributed by atoms with van der Waals surface area (Å²) < 4.78 is 10.8. The molecule has 2 aliphatic rings. The number of carbonyl (C=O) groups excluding carboxylic acids is 6. The Labute approximate surface area is 356 Å². The highest BCUT2D eigenvalue weighted by Crippen LogP contribution is 2.29. The Hall–Kier alpha value is -4.66. The third-order valence-corrected chi connectivity index (χ3v) is 10.7. The molecule has 0 bridgehead atoms. The fraction of sp³-hybridized carbons (Fsp3) is 0.609. The minimum Gasteiger partial charge on any atom is -0.379 e. The van der Waals surface area contributed by atoms with Gasteiger partial charge in [0.2, 0.25) is 29.5 Å². The molecule has 0 aromatic heterocycles. The monoisotopic (exact) mass is 833 g/mol. The fourth-order valence-corrected chi connectivity index (χ4v) is 7.30. The number of ether oxygens (including phenoxy) is 2. The molecule has 0 saturated carbocycles. The summed E-state index contributed by atoms with van der Waals surface area (Å²) in [6.45, 7) is 16.0. The molecular formula is C46H68N6O8. The van der Waals surface area contributed by atoms with Gasteiger partial charge in [-0.25, -0.2) is 0 Å². The van der Waals surface area contributed by atoms with Crippen LogP contribution in [0, 0.1) is 17.8 Å². The van der Waals surface area contributed by atoms with Gasteiger partial charge >= 0.3 is 0 Å². The lowest BCUT2D eigenvalue weighted by Gasteiger charge is -2.29. The minimum absolute atomic E-state index is 0.0131. The van der Waals surface area contributed by atoms with Crippen LogP contribution in [0.1, 0.15) is 85.3 Å². The van der Waals surface area contributed by atoms with E-state index in [0.29, 0.717) is 45.6 Å². The molecule has 2 aromatic carbocycles. The van der Waals surface area contributed by atoms with E-state index < -0.39 is 59.4 Å². The zero-order valence-electron chi connectivity index (χ0n) is 36.6. The lowest BCUT2D eigenvalue weighted by Crippen LogP contribution is -2.60. The van der Waals surface area contributed by atoms with Gasteiger partial charge in [-0.3, -0.25) is 33.7 Å². The molecule has 0 aliphatic carbocycles. The van der Waals surface area contributed by atoms with Crippen LogP contribution in [-0.4, -0.2) is 115 Å². The number of aryl methyl sites for hydroxylation is 1. The van der Waals surface area contributed by atoms with Crippen molar-refractivity contribution in [1.29, 1.82) is 0 Å². The smallest absolute Gasteiger partial charge is 0.243 e. The van der Waals surface area contributed by atoms with E-state index in [9.17, 15) is 28.8 Å². The molecular weight excluding hydrogens is 765 g/mol. The molecule has 14 nitrogen and oxygen atoms in total. The van der Waals surface area contributed by atoms with E-state index >= 15 is 0 Å². The number of hydrogen-bond donors (Lipinski definition) is 5. The summed E-state index contributed by atoms with van der Waals surface area (Å²) in [6.07, 6.45) is 1.89. The van der Waals surface area contributed by atoms with E-state index in [1.54, 1.807) is 6.92 Å². The normalized spacial score (nSPS) is 19.1. The zero-order chi connectivity index (χ0) is 43.8. The lowest BCUT2D eigenvalue weighted by molar-refractivity contribution is -0.136. The first-order valence-corrected chi connectivity index (χ1v) is 21.6. The first-order valence-electron chi connectivity index (χ1n) is 21.6.